The quantitative estimate of drug-likeness (QED) is 0.290. The van der Waals surface area contributed by atoms with Gasteiger partial charge in [0.1, 0.15) is 5.75 Å². The van der Waals surface area contributed by atoms with Gasteiger partial charge in [-0.3, -0.25) is 4.79 Å². The number of hydrogen-bond acceptors (Lipinski definition) is 7. The Hall–Kier alpha value is -1.85. The summed E-state index contributed by atoms with van der Waals surface area (Å²) in [6, 6.07) is 3.73. The van der Waals surface area contributed by atoms with Crippen LogP contribution in [0.25, 0.3) is 0 Å². The van der Waals surface area contributed by atoms with Gasteiger partial charge in [-0.05, 0) is 128 Å². The van der Waals surface area contributed by atoms with Crippen molar-refractivity contribution in [3.05, 3.63) is 24.3 Å². The number of aliphatic hydroxyl groups is 2. The first-order valence-electron chi connectivity index (χ1n) is 16.6. The van der Waals surface area contributed by atoms with E-state index in [4.69, 9.17) is 4.74 Å². The minimum Gasteiger partial charge on any atom is -0.465 e. The van der Waals surface area contributed by atoms with Gasteiger partial charge >= 0.3 is 12.3 Å². The lowest BCUT2D eigenvalue weighted by atomic mass is 9.41. The van der Waals surface area contributed by atoms with Crippen LogP contribution in [0.2, 0.25) is 0 Å². The van der Waals surface area contributed by atoms with Crippen molar-refractivity contribution < 1.29 is 46.1 Å². The summed E-state index contributed by atoms with van der Waals surface area (Å²) in [6.45, 7) is 9.25. The first-order valence-corrected chi connectivity index (χ1v) is 18.3. The van der Waals surface area contributed by atoms with E-state index in [2.05, 4.69) is 32.4 Å². The molecular weight excluding hydrogens is 609 g/mol. The molecule has 2 N–H and O–H groups in total. The number of aliphatic hydroxyl groups excluding tert-OH is 2. The van der Waals surface area contributed by atoms with Crippen LogP contribution in [0.15, 0.2) is 29.2 Å². The van der Waals surface area contributed by atoms with E-state index in [0.29, 0.717) is 30.1 Å². The first kappa shape index (κ1) is 34.5. The minimum absolute atomic E-state index is 0.0621. The predicted octanol–water partition coefficient (Wildman–Crippen LogP) is 6.56. The molecule has 0 bridgehead atoms. The van der Waals surface area contributed by atoms with Gasteiger partial charge in [-0.1, -0.05) is 34.1 Å². The fourth-order valence-corrected chi connectivity index (χ4v) is 11.7. The molecule has 0 radical (unpaired) electrons. The molecule has 45 heavy (non-hydrogen) atoms. The number of esters is 1. The van der Waals surface area contributed by atoms with Crippen LogP contribution in [0.3, 0.4) is 0 Å². The van der Waals surface area contributed by atoms with Crippen molar-refractivity contribution in [1.82, 2.24) is 0 Å². The molecule has 4 fully saturated rings. The van der Waals surface area contributed by atoms with Crippen molar-refractivity contribution >= 4 is 15.8 Å². The number of fused-ring (bicyclic) bond motifs is 5. The van der Waals surface area contributed by atoms with Crippen LogP contribution in [0.4, 0.5) is 13.2 Å². The van der Waals surface area contributed by atoms with Gasteiger partial charge in [0, 0.05) is 0 Å². The third-order valence-corrected chi connectivity index (χ3v) is 14.3. The van der Waals surface area contributed by atoms with E-state index in [-0.39, 0.29) is 52.3 Å². The number of sulfone groups is 1. The zero-order valence-corrected chi connectivity index (χ0v) is 27.6. The Bertz CT molecular complexity index is 1320. The Kier molecular flexibility index (Phi) is 9.68. The Balaban J connectivity index is 1.18. The lowest BCUT2D eigenvalue weighted by Crippen LogP contribution is -2.62. The summed E-state index contributed by atoms with van der Waals surface area (Å²) in [4.78, 5) is 12.2. The SMILES string of the molecule is CC[C@H]1[C@@H](O)[C@@H]2[C@H](CC[C@]3(C)[C@@H]([C@H](C)CCOC(=O)CS(=O)(=O)c4ccc(OC(F)(F)F)cc4)CC[C@@H]23)[C@@]2(C)CC[C@@H](O)C[C@@H]12. The Morgan fingerprint density at radius 3 is 2.29 bits per heavy atom. The van der Waals surface area contributed by atoms with Crippen molar-refractivity contribution in [1.29, 1.82) is 0 Å². The summed E-state index contributed by atoms with van der Waals surface area (Å²) in [5.74, 6) is -0.0486. The molecule has 0 saturated heterocycles. The second kappa shape index (κ2) is 12.6. The number of benzene rings is 1. The average molecular weight is 659 g/mol. The number of hydrogen-bond donors (Lipinski definition) is 2. The van der Waals surface area contributed by atoms with E-state index < -0.39 is 33.7 Å². The maximum atomic E-state index is 12.7. The third-order valence-electron chi connectivity index (χ3n) is 12.7. The molecule has 4 aliphatic carbocycles. The Morgan fingerprint density at radius 2 is 1.64 bits per heavy atom. The molecule has 0 spiro atoms. The van der Waals surface area contributed by atoms with E-state index in [9.17, 15) is 36.6 Å². The summed E-state index contributed by atoms with van der Waals surface area (Å²) in [5, 5.41) is 22.4. The van der Waals surface area contributed by atoms with Crippen molar-refractivity contribution in [3.8, 4) is 5.75 Å². The molecule has 7 nitrogen and oxygen atoms in total. The van der Waals surface area contributed by atoms with Crippen molar-refractivity contribution in [2.75, 3.05) is 12.4 Å². The summed E-state index contributed by atoms with van der Waals surface area (Å²) in [6.07, 6.45) is 2.91. The summed E-state index contributed by atoms with van der Waals surface area (Å²) < 4.78 is 71.6. The number of alkyl halides is 3. The number of carbonyl (C=O) groups excluding carboxylic acids is 1. The van der Waals surface area contributed by atoms with Gasteiger partial charge in [-0.25, -0.2) is 8.42 Å². The highest BCUT2D eigenvalue weighted by molar-refractivity contribution is 7.92. The van der Waals surface area contributed by atoms with Crippen molar-refractivity contribution in [2.24, 2.45) is 52.3 Å². The molecule has 11 atom stereocenters. The molecule has 11 heteroatoms. The maximum absolute atomic E-state index is 12.7. The summed E-state index contributed by atoms with van der Waals surface area (Å²) >= 11 is 0. The van der Waals surface area contributed by atoms with Gasteiger partial charge in [0.25, 0.3) is 0 Å². The van der Waals surface area contributed by atoms with Crippen molar-refractivity contribution in [3.63, 3.8) is 0 Å². The van der Waals surface area contributed by atoms with Gasteiger partial charge in [0.05, 0.1) is 23.7 Å². The normalized spacial score (nSPS) is 38.9. The maximum Gasteiger partial charge on any atom is 0.573 e. The number of halogens is 3. The molecule has 1 aromatic carbocycles. The predicted molar refractivity (Wildman–Crippen MR) is 162 cm³/mol. The van der Waals surface area contributed by atoms with Crippen LogP contribution in [0.1, 0.15) is 85.5 Å². The van der Waals surface area contributed by atoms with E-state index >= 15 is 0 Å². The monoisotopic (exact) mass is 658 g/mol. The van der Waals surface area contributed by atoms with Crippen LogP contribution < -0.4 is 4.74 Å². The molecular formula is C34H49F3O7S. The molecule has 0 amide bonds. The lowest BCUT2D eigenvalue weighted by Gasteiger charge is -2.64. The fourth-order valence-electron chi connectivity index (χ4n) is 10.6. The minimum atomic E-state index is -4.89. The van der Waals surface area contributed by atoms with Gasteiger partial charge in [0.15, 0.2) is 15.6 Å². The van der Waals surface area contributed by atoms with Gasteiger partial charge in [-0.2, -0.15) is 0 Å². The molecule has 0 heterocycles. The number of rotatable bonds is 9. The third kappa shape index (κ3) is 6.64. The van der Waals surface area contributed by atoms with E-state index in [1.165, 1.54) is 0 Å². The molecule has 4 aliphatic rings. The number of ether oxygens (including phenoxy) is 2. The molecule has 4 saturated carbocycles. The zero-order chi connectivity index (χ0) is 32.9. The zero-order valence-electron chi connectivity index (χ0n) is 26.8. The lowest BCUT2D eigenvalue weighted by molar-refractivity contribution is -0.274. The fraction of sp³-hybridized carbons (Fsp3) is 0.794. The van der Waals surface area contributed by atoms with Gasteiger partial charge in [0.2, 0.25) is 0 Å². The highest BCUT2D eigenvalue weighted by Crippen LogP contribution is 2.69. The van der Waals surface area contributed by atoms with Gasteiger partial charge < -0.3 is 19.7 Å². The summed E-state index contributed by atoms with van der Waals surface area (Å²) in [7, 11) is -4.10. The largest absolute Gasteiger partial charge is 0.573 e. The molecule has 0 unspecified atom stereocenters. The smallest absolute Gasteiger partial charge is 0.465 e. The molecule has 0 aromatic heterocycles. The highest BCUT2D eigenvalue weighted by Gasteiger charge is 2.64. The average Bonchev–Trinajstić information content (AvgIpc) is 3.30. The van der Waals surface area contributed by atoms with E-state index in [0.717, 1.165) is 75.6 Å². The first-order chi connectivity index (χ1) is 21.0. The van der Waals surface area contributed by atoms with Crippen LogP contribution in [0, 0.1) is 52.3 Å². The van der Waals surface area contributed by atoms with Crippen molar-refractivity contribution in [2.45, 2.75) is 109 Å². The Labute approximate surface area is 265 Å². The van der Waals surface area contributed by atoms with Crippen LogP contribution in [-0.4, -0.2) is 55.5 Å². The van der Waals surface area contributed by atoms with E-state index in [1.807, 2.05) is 0 Å². The molecule has 5 rings (SSSR count). The topological polar surface area (TPSA) is 110 Å². The summed E-state index contributed by atoms with van der Waals surface area (Å²) in [5.41, 5.74) is 0.203. The van der Waals surface area contributed by atoms with Crippen LogP contribution >= 0.6 is 0 Å². The van der Waals surface area contributed by atoms with Gasteiger partial charge in [-0.15, -0.1) is 13.2 Å². The van der Waals surface area contributed by atoms with Crippen LogP contribution in [0.5, 0.6) is 5.75 Å². The Morgan fingerprint density at radius 1 is 1.00 bits per heavy atom. The molecule has 254 valence electrons. The second-order valence-corrected chi connectivity index (χ2v) is 16.9. The number of carbonyl (C=O) groups is 1. The highest BCUT2D eigenvalue weighted by atomic mass is 32.2. The van der Waals surface area contributed by atoms with Crippen LogP contribution in [-0.2, 0) is 19.4 Å². The van der Waals surface area contributed by atoms with E-state index in [1.54, 1.807) is 0 Å². The standard InChI is InChI=1S/C34H49F3O7S/c1-5-24-28-18-21(38)12-15-33(28,4)27-13-16-32(3)25(10-11-26(32)30(27)31(24)40)20(2)14-17-43-29(39)19-45(41,42)23-8-6-22(7-9-23)44-34(35,36)37/h6-9,20-21,24-28,30-31,38,40H,5,10-19H2,1-4H3/t20-,21-,24-,25-,26+,27+,28+,30+,31-,32-,33-/m1/s1. The second-order valence-electron chi connectivity index (χ2n) is 14.9. The molecule has 0 aliphatic heterocycles. The molecule has 1 aromatic rings.